The summed E-state index contributed by atoms with van der Waals surface area (Å²) in [7, 11) is -4.46. The van der Waals surface area contributed by atoms with Crippen molar-refractivity contribution >= 4 is 43.2 Å². The van der Waals surface area contributed by atoms with Crippen molar-refractivity contribution < 1.29 is 21.6 Å². The lowest BCUT2D eigenvalue weighted by Gasteiger charge is -2.21. The van der Waals surface area contributed by atoms with Crippen molar-refractivity contribution in [1.29, 1.82) is 0 Å². The fraction of sp³-hybridized carbons (Fsp3) is 0.500. The number of anilines is 1. The Kier molecular flexibility index (Phi) is 7.24. The number of carbonyl (C=O) groups excluding carboxylic acids is 1. The number of hydrogen-bond donors (Lipinski definition) is 1. The van der Waals surface area contributed by atoms with Gasteiger partial charge in [-0.25, -0.2) is 16.8 Å². The van der Waals surface area contributed by atoms with Crippen LogP contribution < -0.4 is 9.03 Å². The molecule has 0 heterocycles. The molecule has 1 aromatic rings. The first-order valence-electron chi connectivity index (χ1n) is 7.27. The molecule has 1 amide bonds. The predicted octanol–water partition coefficient (Wildman–Crippen LogP) is 0.747. The molecule has 0 bridgehead atoms. The van der Waals surface area contributed by atoms with E-state index in [1.807, 2.05) is 19.0 Å². The average molecular weight is 412 g/mol. The van der Waals surface area contributed by atoms with Crippen LogP contribution in [0.3, 0.4) is 0 Å². The summed E-state index contributed by atoms with van der Waals surface area (Å²) in [4.78, 5) is 14.2. The van der Waals surface area contributed by atoms with Gasteiger partial charge in [-0.1, -0.05) is 11.6 Å². The van der Waals surface area contributed by atoms with Crippen molar-refractivity contribution in [1.82, 2.24) is 10.2 Å². The molecule has 1 aromatic carbocycles. The molecule has 0 aliphatic heterocycles. The van der Waals surface area contributed by atoms with E-state index in [4.69, 9.17) is 11.6 Å². The minimum Gasteiger partial charge on any atom is -0.352 e. The van der Waals surface area contributed by atoms with Gasteiger partial charge in [0.1, 0.15) is 0 Å². The van der Waals surface area contributed by atoms with Gasteiger partial charge in [-0.15, -0.1) is 0 Å². The largest absolute Gasteiger partial charge is 0.352 e. The average Bonchev–Trinajstić information content (AvgIpc) is 2.42. The first-order valence-corrected chi connectivity index (χ1v) is 11.3. The minimum absolute atomic E-state index is 0.0972. The van der Waals surface area contributed by atoms with E-state index in [2.05, 4.69) is 5.32 Å². The fourth-order valence-corrected chi connectivity index (χ4v) is 5.38. The van der Waals surface area contributed by atoms with Crippen molar-refractivity contribution in [3.05, 3.63) is 28.8 Å². The van der Waals surface area contributed by atoms with Gasteiger partial charge in [0.2, 0.25) is 20.0 Å². The summed E-state index contributed by atoms with van der Waals surface area (Å²) in [5.74, 6) is -0.446. The Morgan fingerprint density at radius 2 is 1.68 bits per heavy atom. The highest BCUT2D eigenvalue weighted by atomic mass is 35.5. The topological polar surface area (TPSA) is 104 Å². The van der Waals surface area contributed by atoms with Gasteiger partial charge in [-0.3, -0.25) is 4.79 Å². The monoisotopic (exact) mass is 411 g/mol. The van der Waals surface area contributed by atoms with Gasteiger partial charge < -0.3 is 10.2 Å². The molecule has 0 saturated carbocycles. The van der Waals surface area contributed by atoms with Crippen LogP contribution in [-0.4, -0.2) is 67.3 Å². The second-order valence-electron chi connectivity index (χ2n) is 5.80. The molecule has 0 saturated heterocycles. The molecule has 0 aliphatic carbocycles. The number of amides is 1. The zero-order valence-corrected chi connectivity index (χ0v) is 16.9. The third-order valence-corrected chi connectivity index (χ3v) is 6.62. The van der Waals surface area contributed by atoms with E-state index >= 15 is 0 Å². The van der Waals surface area contributed by atoms with E-state index in [-0.39, 0.29) is 20.0 Å². The number of sulfonamides is 2. The van der Waals surface area contributed by atoms with Gasteiger partial charge in [0.15, 0.2) is 0 Å². The summed E-state index contributed by atoms with van der Waals surface area (Å²) in [5.41, 5.74) is -0.172. The lowest BCUT2D eigenvalue weighted by molar-refractivity contribution is 0.0952. The number of benzene rings is 1. The number of rotatable bonds is 8. The van der Waals surface area contributed by atoms with Crippen molar-refractivity contribution in [2.75, 3.05) is 43.4 Å². The predicted molar refractivity (Wildman–Crippen MR) is 99.1 cm³/mol. The Hall–Kier alpha value is -1.36. The van der Waals surface area contributed by atoms with Crippen molar-refractivity contribution in [2.24, 2.45) is 0 Å². The zero-order valence-electron chi connectivity index (χ0n) is 14.5. The van der Waals surface area contributed by atoms with Crippen LogP contribution in [0.4, 0.5) is 5.69 Å². The molecule has 0 unspecified atom stereocenters. The quantitative estimate of drug-likeness (QED) is 0.633. The normalized spacial score (nSPS) is 12.2. The number of halogens is 1. The highest BCUT2D eigenvalue weighted by molar-refractivity contribution is 8.09. The van der Waals surface area contributed by atoms with E-state index < -0.39 is 26.0 Å². The Morgan fingerprint density at radius 3 is 2.16 bits per heavy atom. The summed E-state index contributed by atoms with van der Waals surface area (Å²) in [6, 6.07) is 3.83. The van der Waals surface area contributed by atoms with Crippen LogP contribution in [0.2, 0.25) is 5.02 Å². The van der Waals surface area contributed by atoms with E-state index in [1.165, 1.54) is 12.1 Å². The molecular weight excluding hydrogens is 390 g/mol. The molecule has 1 rings (SSSR count). The van der Waals surface area contributed by atoms with Gasteiger partial charge in [0, 0.05) is 12.1 Å². The van der Waals surface area contributed by atoms with Crippen LogP contribution in [0, 0.1) is 0 Å². The molecule has 8 nitrogen and oxygen atoms in total. The SMILES string of the molecule is CN(C)CCCNC(=O)c1ccc(Cl)c(N(S(C)(=O)=O)S(C)(=O)=O)c1. The van der Waals surface area contributed by atoms with Crippen molar-refractivity contribution in [3.8, 4) is 0 Å². The van der Waals surface area contributed by atoms with E-state index in [0.29, 0.717) is 6.54 Å². The Morgan fingerprint density at radius 1 is 1.12 bits per heavy atom. The van der Waals surface area contributed by atoms with Gasteiger partial charge in [0.25, 0.3) is 5.91 Å². The molecule has 0 radical (unpaired) electrons. The highest BCUT2D eigenvalue weighted by Crippen LogP contribution is 2.30. The Balaban J connectivity index is 3.12. The Labute approximate surface area is 153 Å². The number of carbonyl (C=O) groups is 1. The van der Waals surface area contributed by atoms with Crippen LogP contribution in [0.15, 0.2) is 18.2 Å². The van der Waals surface area contributed by atoms with Crippen molar-refractivity contribution in [3.63, 3.8) is 0 Å². The third-order valence-electron chi connectivity index (χ3n) is 3.08. The summed E-state index contributed by atoms with van der Waals surface area (Å²) < 4.78 is 47.7. The maximum absolute atomic E-state index is 12.2. The zero-order chi connectivity index (χ0) is 19.4. The molecular formula is C14H22ClN3O5S2. The summed E-state index contributed by atoms with van der Waals surface area (Å²) in [6.07, 6.45) is 2.23. The standard InChI is InChI=1S/C14H22ClN3O5S2/c1-17(2)9-5-8-16-14(19)11-6-7-12(15)13(10-11)18(24(3,20)21)25(4,22)23/h6-7,10H,5,8-9H2,1-4H3,(H,16,19). The lowest BCUT2D eigenvalue weighted by Crippen LogP contribution is -2.35. The lowest BCUT2D eigenvalue weighted by atomic mass is 10.2. The van der Waals surface area contributed by atoms with Crippen LogP contribution >= 0.6 is 11.6 Å². The second-order valence-corrected chi connectivity index (χ2v) is 10.1. The molecule has 0 fully saturated rings. The second kappa shape index (κ2) is 8.35. The summed E-state index contributed by atoms with van der Waals surface area (Å²) in [6.45, 7) is 1.22. The fourth-order valence-electron chi connectivity index (χ4n) is 2.10. The molecule has 0 aromatic heterocycles. The van der Waals surface area contributed by atoms with Crippen LogP contribution in [0.25, 0.3) is 0 Å². The summed E-state index contributed by atoms with van der Waals surface area (Å²) >= 11 is 5.96. The van der Waals surface area contributed by atoms with Gasteiger partial charge in [0.05, 0.1) is 23.2 Å². The molecule has 0 atom stereocenters. The van der Waals surface area contributed by atoms with Gasteiger partial charge in [-0.05, 0) is 45.3 Å². The highest BCUT2D eigenvalue weighted by Gasteiger charge is 2.29. The van der Waals surface area contributed by atoms with Crippen LogP contribution in [-0.2, 0) is 20.0 Å². The van der Waals surface area contributed by atoms with E-state index in [0.717, 1.165) is 31.5 Å². The first-order chi connectivity index (χ1) is 11.3. The van der Waals surface area contributed by atoms with Gasteiger partial charge in [-0.2, -0.15) is 3.71 Å². The van der Waals surface area contributed by atoms with Crippen LogP contribution in [0.5, 0.6) is 0 Å². The summed E-state index contributed by atoms with van der Waals surface area (Å²) in [5, 5.41) is 2.59. The number of nitrogens with one attached hydrogen (secondary N) is 1. The minimum atomic E-state index is -4.15. The van der Waals surface area contributed by atoms with Crippen molar-refractivity contribution in [2.45, 2.75) is 6.42 Å². The number of nitrogens with zero attached hydrogens (tertiary/aromatic N) is 2. The maximum Gasteiger partial charge on any atom is 0.251 e. The van der Waals surface area contributed by atoms with Crippen LogP contribution in [0.1, 0.15) is 16.8 Å². The van der Waals surface area contributed by atoms with E-state index in [1.54, 1.807) is 0 Å². The maximum atomic E-state index is 12.2. The first kappa shape index (κ1) is 21.7. The molecule has 142 valence electrons. The molecule has 25 heavy (non-hydrogen) atoms. The smallest absolute Gasteiger partial charge is 0.251 e. The molecule has 1 N–H and O–H groups in total. The number of hydrogen-bond acceptors (Lipinski definition) is 6. The van der Waals surface area contributed by atoms with Gasteiger partial charge >= 0.3 is 0 Å². The third kappa shape index (κ3) is 6.46. The van der Waals surface area contributed by atoms with E-state index in [9.17, 15) is 21.6 Å². The molecule has 0 spiro atoms. The Bertz CT molecular complexity index is 806. The molecule has 11 heteroatoms. The molecule has 0 aliphatic rings.